The molecule has 2 unspecified atom stereocenters. The quantitative estimate of drug-likeness (QED) is 0.634. The van der Waals surface area contributed by atoms with Crippen molar-refractivity contribution in [3.63, 3.8) is 0 Å². The van der Waals surface area contributed by atoms with E-state index in [-0.39, 0.29) is 17.9 Å². The van der Waals surface area contributed by atoms with Crippen LogP contribution in [0.5, 0.6) is 0 Å². The van der Waals surface area contributed by atoms with Gasteiger partial charge >= 0.3 is 0 Å². The molecule has 1 heterocycles. The first-order valence-corrected chi connectivity index (χ1v) is 4.59. The Labute approximate surface area is 77.6 Å². The zero-order valence-electron chi connectivity index (χ0n) is 6.99. The summed E-state index contributed by atoms with van der Waals surface area (Å²) in [7, 11) is 0. The summed E-state index contributed by atoms with van der Waals surface area (Å²) in [6, 6.07) is 0. The molecule has 4 heteroatoms. The second kappa shape index (κ2) is 4.40. The van der Waals surface area contributed by atoms with Gasteiger partial charge in [-0.25, -0.2) is 0 Å². The fourth-order valence-electron chi connectivity index (χ4n) is 1.09. The number of ether oxygens (including phenoxy) is 1. The van der Waals surface area contributed by atoms with Crippen LogP contribution in [0.15, 0.2) is 12.3 Å². The van der Waals surface area contributed by atoms with Crippen LogP contribution in [0.2, 0.25) is 0 Å². The van der Waals surface area contributed by atoms with Crippen LogP contribution in [0, 0.1) is 5.92 Å². The van der Waals surface area contributed by atoms with Gasteiger partial charge in [-0.1, -0.05) is 0 Å². The van der Waals surface area contributed by atoms with Crippen LogP contribution in [0.1, 0.15) is 6.92 Å². The molecule has 1 amide bonds. The van der Waals surface area contributed by atoms with Gasteiger partial charge in [0.05, 0.1) is 12.2 Å². The van der Waals surface area contributed by atoms with Crippen molar-refractivity contribution in [3.05, 3.63) is 12.3 Å². The van der Waals surface area contributed by atoms with Crippen LogP contribution >= 0.6 is 12.6 Å². The fourth-order valence-corrected chi connectivity index (χ4v) is 1.20. The Balaban J connectivity index is 2.36. The van der Waals surface area contributed by atoms with Gasteiger partial charge in [-0.3, -0.25) is 4.79 Å². The molecule has 0 aromatic heterocycles. The average molecular weight is 187 g/mol. The van der Waals surface area contributed by atoms with Gasteiger partial charge in [-0.15, -0.1) is 0 Å². The molecule has 68 valence electrons. The summed E-state index contributed by atoms with van der Waals surface area (Å²) in [5.74, 6) is 0.549. The smallest absolute Gasteiger partial charge is 0.230 e. The van der Waals surface area contributed by atoms with E-state index >= 15 is 0 Å². The molecule has 0 bridgehead atoms. The van der Waals surface area contributed by atoms with E-state index in [1.807, 2.05) is 6.92 Å². The lowest BCUT2D eigenvalue weighted by Gasteiger charge is -2.13. The molecule has 0 aliphatic carbocycles. The van der Waals surface area contributed by atoms with Gasteiger partial charge in [-0.05, 0) is 13.0 Å². The van der Waals surface area contributed by atoms with E-state index in [4.69, 9.17) is 4.74 Å². The molecular formula is C8H13NO2S. The van der Waals surface area contributed by atoms with Crippen LogP contribution in [0.25, 0.3) is 0 Å². The molecule has 12 heavy (non-hydrogen) atoms. The molecule has 2 atom stereocenters. The molecule has 3 nitrogen and oxygen atoms in total. The Bertz CT molecular complexity index is 193. The normalized spacial score (nSPS) is 26.8. The lowest BCUT2D eigenvalue weighted by Crippen LogP contribution is -2.35. The minimum atomic E-state index is -0.134. The molecular weight excluding hydrogens is 174 g/mol. The second-order valence-corrected chi connectivity index (χ2v) is 3.16. The molecule has 1 aliphatic rings. The molecule has 0 saturated heterocycles. The van der Waals surface area contributed by atoms with Crippen LogP contribution in [-0.4, -0.2) is 24.3 Å². The number of hydrogen-bond acceptors (Lipinski definition) is 3. The zero-order chi connectivity index (χ0) is 8.97. The average Bonchev–Trinajstić information content (AvgIpc) is 2.47. The number of rotatable bonds is 3. The molecule has 0 spiro atoms. The van der Waals surface area contributed by atoms with E-state index in [1.54, 1.807) is 12.3 Å². The van der Waals surface area contributed by atoms with Crippen molar-refractivity contribution < 1.29 is 9.53 Å². The number of nitrogens with one attached hydrogen (secondary N) is 1. The Hall–Kier alpha value is -0.640. The summed E-state index contributed by atoms with van der Waals surface area (Å²) >= 11 is 4.00. The van der Waals surface area contributed by atoms with Crippen molar-refractivity contribution in [1.82, 2.24) is 5.32 Å². The molecule has 0 radical (unpaired) electrons. The van der Waals surface area contributed by atoms with Crippen molar-refractivity contribution in [2.75, 3.05) is 12.3 Å². The summed E-state index contributed by atoms with van der Waals surface area (Å²) in [4.78, 5) is 11.3. The minimum Gasteiger partial charge on any atom is -0.497 e. The van der Waals surface area contributed by atoms with Crippen LogP contribution in [0.4, 0.5) is 0 Å². The van der Waals surface area contributed by atoms with E-state index in [0.717, 1.165) is 0 Å². The molecule has 1 rings (SSSR count). The highest BCUT2D eigenvalue weighted by atomic mass is 32.1. The lowest BCUT2D eigenvalue weighted by atomic mass is 10.1. The van der Waals surface area contributed by atoms with Gasteiger partial charge in [0, 0.05) is 12.3 Å². The van der Waals surface area contributed by atoms with Crippen molar-refractivity contribution in [1.29, 1.82) is 0 Å². The first-order valence-electron chi connectivity index (χ1n) is 3.96. The van der Waals surface area contributed by atoms with Crippen LogP contribution < -0.4 is 5.32 Å². The number of thiol groups is 1. The van der Waals surface area contributed by atoms with Crippen LogP contribution in [0.3, 0.4) is 0 Å². The number of amides is 1. The Kier molecular flexibility index (Phi) is 3.47. The summed E-state index contributed by atoms with van der Waals surface area (Å²) < 4.78 is 5.11. The Morgan fingerprint density at radius 1 is 1.75 bits per heavy atom. The third-order valence-electron chi connectivity index (χ3n) is 1.80. The first-order chi connectivity index (χ1) is 5.75. The predicted octanol–water partition coefficient (Wildman–Crippen LogP) is 0.581. The molecule has 1 N–H and O–H groups in total. The standard InChI is InChI=1S/C8H13NO2S/c1-6-7(2-4-11-6)8(10)9-3-5-12/h2,4,6-7,12H,3,5H2,1H3,(H,9,10). The summed E-state index contributed by atoms with van der Waals surface area (Å²) in [6.45, 7) is 2.49. The number of carbonyl (C=O) groups excluding carboxylic acids is 1. The van der Waals surface area contributed by atoms with Gasteiger partial charge in [0.25, 0.3) is 0 Å². The Morgan fingerprint density at radius 2 is 2.50 bits per heavy atom. The highest BCUT2D eigenvalue weighted by molar-refractivity contribution is 7.80. The third kappa shape index (κ3) is 2.17. The SMILES string of the molecule is CC1OC=CC1C(=O)NCCS. The first kappa shape index (κ1) is 9.45. The summed E-state index contributed by atoms with van der Waals surface area (Å²) in [6.07, 6.45) is 3.32. The van der Waals surface area contributed by atoms with Gasteiger partial charge in [0.2, 0.25) is 5.91 Å². The number of carbonyl (C=O) groups is 1. The highest BCUT2D eigenvalue weighted by Crippen LogP contribution is 2.16. The maximum absolute atomic E-state index is 11.3. The number of hydrogen-bond donors (Lipinski definition) is 2. The van der Waals surface area contributed by atoms with Crippen molar-refractivity contribution >= 4 is 18.5 Å². The topological polar surface area (TPSA) is 38.3 Å². The molecule has 0 aromatic rings. The van der Waals surface area contributed by atoms with Crippen molar-refractivity contribution in [3.8, 4) is 0 Å². The second-order valence-electron chi connectivity index (χ2n) is 2.71. The van der Waals surface area contributed by atoms with Gasteiger partial charge in [0.15, 0.2) is 0 Å². The zero-order valence-corrected chi connectivity index (χ0v) is 7.88. The monoisotopic (exact) mass is 187 g/mol. The predicted molar refractivity (Wildman–Crippen MR) is 50.0 cm³/mol. The molecule has 0 aromatic carbocycles. The fraction of sp³-hybridized carbons (Fsp3) is 0.625. The van der Waals surface area contributed by atoms with Crippen molar-refractivity contribution in [2.24, 2.45) is 5.92 Å². The Morgan fingerprint density at radius 3 is 3.00 bits per heavy atom. The van der Waals surface area contributed by atoms with Crippen molar-refractivity contribution in [2.45, 2.75) is 13.0 Å². The highest BCUT2D eigenvalue weighted by Gasteiger charge is 2.26. The van der Waals surface area contributed by atoms with E-state index < -0.39 is 0 Å². The summed E-state index contributed by atoms with van der Waals surface area (Å²) in [5, 5.41) is 2.76. The van der Waals surface area contributed by atoms with E-state index in [2.05, 4.69) is 17.9 Å². The maximum atomic E-state index is 11.3. The van der Waals surface area contributed by atoms with Crippen LogP contribution in [-0.2, 0) is 9.53 Å². The van der Waals surface area contributed by atoms with Gasteiger partial charge in [0.1, 0.15) is 6.10 Å². The van der Waals surface area contributed by atoms with E-state index in [9.17, 15) is 4.79 Å². The minimum absolute atomic E-state index is 0.0188. The summed E-state index contributed by atoms with van der Waals surface area (Å²) in [5.41, 5.74) is 0. The molecule has 0 saturated carbocycles. The molecule has 1 aliphatic heterocycles. The molecule has 0 fully saturated rings. The van der Waals surface area contributed by atoms with Gasteiger partial charge < -0.3 is 10.1 Å². The largest absolute Gasteiger partial charge is 0.497 e. The maximum Gasteiger partial charge on any atom is 0.230 e. The van der Waals surface area contributed by atoms with Gasteiger partial charge in [-0.2, -0.15) is 12.6 Å². The van der Waals surface area contributed by atoms with E-state index in [1.165, 1.54) is 0 Å². The third-order valence-corrected chi connectivity index (χ3v) is 2.02. The lowest BCUT2D eigenvalue weighted by molar-refractivity contribution is -0.125. The van der Waals surface area contributed by atoms with E-state index in [0.29, 0.717) is 12.3 Å².